The van der Waals surface area contributed by atoms with E-state index >= 15 is 0 Å². The van der Waals surface area contributed by atoms with Gasteiger partial charge in [0.2, 0.25) is 5.95 Å². The molecule has 6 nitrogen and oxygen atoms in total. The predicted octanol–water partition coefficient (Wildman–Crippen LogP) is 1.52. The Labute approximate surface area is 123 Å². The van der Waals surface area contributed by atoms with Gasteiger partial charge in [-0.25, -0.2) is 0 Å². The number of anilines is 1. The maximum atomic E-state index is 8.95. The molecule has 1 fully saturated rings. The number of rotatable bonds is 3. The SMILES string of the molecule is N#Cc1cccc(-c2nc(N3CCC(CN)CC3)n[nH]2)c1. The molecule has 108 valence electrons. The molecule has 0 atom stereocenters. The number of piperidine rings is 1. The average Bonchev–Trinajstić information content (AvgIpc) is 3.05. The van der Waals surface area contributed by atoms with Crippen LogP contribution in [0.25, 0.3) is 11.4 Å². The Morgan fingerprint density at radius 2 is 2.19 bits per heavy atom. The van der Waals surface area contributed by atoms with E-state index in [1.165, 1.54) is 0 Å². The van der Waals surface area contributed by atoms with Crippen LogP contribution in [0.2, 0.25) is 0 Å². The maximum Gasteiger partial charge on any atom is 0.245 e. The molecule has 21 heavy (non-hydrogen) atoms. The van der Waals surface area contributed by atoms with Crippen LogP contribution in [0.15, 0.2) is 24.3 Å². The molecule has 1 aromatic carbocycles. The lowest BCUT2D eigenvalue weighted by Crippen LogP contribution is -2.36. The van der Waals surface area contributed by atoms with Crippen LogP contribution in [0, 0.1) is 17.2 Å². The van der Waals surface area contributed by atoms with Crippen LogP contribution in [0.1, 0.15) is 18.4 Å². The minimum atomic E-state index is 0.618. The van der Waals surface area contributed by atoms with E-state index in [-0.39, 0.29) is 0 Å². The van der Waals surface area contributed by atoms with E-state index < -0.39 is 0 Å². The summed E-state index contributed by atoms with van der Waals surface area (Å²) in [5.41, 5.74) is 7.21. The number of nitrogens with zero attached hydrogens (tertiary/aromatic N) is 4. The Balaban J connectivity index is 1.76. The second-order valence-electron chi connectivity index (χ2n) is 5.34. The second kappa shape index (κ2) is 5.94. The summed E-state index contributed by atoms with van der Waals surface area (Å²) in [6, 6.07) is 9.49. The number of aromatic amines is 1. The van der Waals surface area contributed by atoms with Gasteiger partial charge < -0.3 is 10.6 Å². The molecule has 0 amide bonds. The highest BCUT2D eigenvalue weighted by Crippen LogP contribution is 2.22. The molecule has 1 aliphatic heterocycles. The van der Waals surface area contributed by atoms with E-state index in [9.17, 15) is 0 Å². The molecule has 0 aliphatic carbocycles. The number of aromatic nitrogens is 3. The highest BCUT2D eigenvalue weighted by Gasteiger charge is 2.21. The third kappa shape index (κ3) is 2.88. The molecule has 1 aromatic heterocycles. The highest BCUT2D eigenvalue weighted by molar-refractivity contribution is 5.59. The molecule has 6 heteroatoms. The van der Waals surface area contributed by atoms with Gasteiger partial charge >= 0.3 is 0 Å². The minimum Gasteiger partial charge on any atom is -0.340 e. The molecular formula is C15H18N6. The smallest absolute Gasteiger partial charge is 0.245 e. The quantitative estimate of drug-likeness (QED) is 0.890. The fourth-order valence-corrected chi connectivity index (χ4v) is 2.63. The highest BCUT2D eigenvalue weighted by atomic mass is 15.4. The number of nitrogens with two attached hydrogens (primary N) is 1. The van der Waals surface area contributed by atoms with Crippen LogP contribution in [-0.4, -0.2) is 34.8 Å². The third-order valence-corrected chi connectivity index (χ3v) is 3.97. The van der Waals surface area contributed by atoms with Crippen molar-refractivity contribution in [2.24, 2.45) is 11.7 Å². The second-order valence-corrected chi connectivity index (χ2v) is 5.34. The Bertz CT molecular complexity index is 648. The first-order chi connectivity index (χ1) is 10.3. The Kier molecular flexibility index (Phi) is 3.84. The Morgan fingerprint density at radius 3 is 2.90 bits per heavy atom. The summed E-state index contributed by atoms with van der Waals surface area (Å²) >= 11 is 0. The molecule has 2 heterocycles. The van der Waals surface area contributed by atoms with Crippen molar-refractivity contribution in [1.82, 2.24) is 15.2 Å². The standard InChI is InChI=1S/C15H18N6/c16-9-11-4-6-21(7-5-11)15-18-14(19-20-15)13-3-1-2-12(8-13)10-17/h1-3,8,11H,4-7,9,16H2,(H,18,19,20). The lowest BCUT2D eigenvalue weighted by atomic mass is 9.97. The van der Waals surface area contributed by atoms with E-state index in [2.05, 4.69) is 26.2 Å². The number of H-pyrrole nitrogens is 1. The lowest BCUT2D eigenvalue weighted by molar-refractivity contribution is 0.411. The van der Waals surface area contributed by atoms with Crippen LogP contribution < -0.4 is 10.6 Å². The van der Waals surface area contributed by atoms with E-state index in [0.717, 1.165) is 44.0 Å². The van der Waals surface area contributed by atoms with Gasteiger partial charge in [0.05, 0.1) is 11.6 Å². The largest absolute Gasteiger partial charge is 0.340 e. The van der Waals surface area contributed by atoms with Gasteiger partial charge in [0, 0.05) is 18.7 Å². The monoisotopic (exact) mass is 282 g/mol. The fourth-order valence-electron chi connectivity index (χ4n) is 2.63. The van der Waals surface area contributed by atoms with E-state index in [1.807, 2.05) is 18.2 Å². The van der Waals surface area contributed by atoms with Crippen LogP contribution in [0.5, 0.6) is 0 Å². The zero-order valence-corrected chi connectivity index (χ0v) is 11.8. The van der Waals surface area contributed by atoms with Crippen LogP contribution in [-0.2, 0) is 0 Å². The molecule has 1 aliphatic rings. The number of hydrogen-bond donors (Lipinski definition) is 2. The zero-order chi connectivity index (χ0) is 14.7. The van der Waals surface area contributed by atoms with Crippen molar-refractivity contribution in [3.05, 3.63) is 29.8 Å². The molecule has 2 aromatic rings. The molecule has 3 N–H and O–H groups in total. The fraction of sp³-hybridized carbons (Fsp3) is 0.400. The van der Waals surface area contributed by atoms with Crippen LogP contribution in [0.4, 0.5) is 5.95 Å². The van der Waals surface area contributed by atoms with Crippen molar-refractivity contribution in [3.8, 4) is 17.5 Å². The summed E-state index contributed by atoms with van der Waals surface area (Å²) in [6.45, 7) is 2.64. The van der Waals surface area contributed by atoms with Crippen molar-refractivity contribution in [1.29, 1.82) is 5.26 Å². The molecular weight excluding hydrogens is 264 g/mol. The topological polar surface area (TPSA) is 94.6 Å². The van der Waals surface area contributed by atoms with Gasteiger partial charge in [0.25, 0.3) is 0 Å². The van der Waals surface area contributed by atoms with Crippen LogP contribution >= 0.6 is 0 Å². The molecule has 0 bridgehead atoms. The third-order valence-electron chi connectivity index (χ3n) is 3.97. The van der Waals surface area contributed by atoms with E-state index in [0.29, 0.717) is 17.3 Å². The van der Waals surface area contributed by atoms with Crippen LogP contribution in [0.3, 0.4) is 0 Å². The van der Waals surface area contributed by atoms with E-state index in [1.54, 1.807) is 6.07 Å². The Morgan fingerprint density at radius 1 is 1.38 bits per heavy atom. The summed E-state index contributed by atoms with van der Waals surface area (Å²) in [5, 5.41) is 16.2. The summed E-state index contributed by atoms with van der Waals surface area (Å²) in [6.07, 6.45) is 2.18. The van der Waals surface area contributed by atoms with Gasteiger partial charge in [-0.3, -0.25) is 5.10 Å². The Hall–Kier alpha value is -2.39. The van der Waals surface area contributed by atoms with Crippen molar-refractivity contribution in [3.63, 3.8) is 0 Å². The predicted molar refractivity (Wildman–Crippen MR) is 80.5 cm³/mol. The summed E-state index contributed by atoms with van der Waals surface area (Å²) in [7, 11) is 0. The van der Waals surface area contributed by atoms with Crippen molar-refractivity contribution in [2.45, 2.75) is 12.8 Å². The van der Waals surface area contributed by atoms with E-state index in [4.69, 9.17) is 11.0 Å². The summed E-state index contributed by atoms with van der Waals surface area (Å²) < 4.78 is 0. The van der Waals surface area contributed by atoms with Gasteiger partial charge in [0.15, 0.2) is 5.82 Å². The number of nitriles is 1. The minimum absolute atomic E-state index is 0.618. The molecule has 0 saturated carbocycles. The molecule has 1 saturated heterocycles. The van der Waals surface area contributed by atoms with Gasteiger partial charge in [0.1, 0.15) is 0 Å². The van der Waals surface area contributed by atoms with Gasteiger partial charge in [-0.2, -0.15) is 10.2 Å². The lowest BCUT2D eigenvalue weighted by Gasteiger charge is -2.30. The van der Waals surface area contributed by atoms with Crippen molar-refractivity contribution < 1.29 is 0 Å². The number of hydrogen-bond acceptors (Lipinski definition) is 5. The van der Waals surface area contributed by atoms with Crippen molar-refractivity contribution >= 4 is 5.95 Å². The molecule has 0 unspecified atom stereocenters. The first-order valence-corrected chi connectivity index (χ1v) is 7.18. The van der Waals surface area contributed by atoms with Crippen molar-refractivity contribution in [2.75, 3.05) is 24.5 Å². The van der Waals surface area contributed by atoms with Gasteiger partial charge in [-0.15, -0.1) is 5.10 Å². The van der Waals surface area contributed by atoms with Gasteiger partial charge in [-0.05, 0) is 37.4 Å². The number of nitrogens with one attached hydrogen (secondary N) is 1. The zero-order valence-electron chi connectivity index (χ0n) is 11.8. The van der Waals surface area contributed by atoms with Gasteiger partial charge in [-0.1, -0.05) is 12.1 Å². The maximum absolute atomic E-state index is 8.95. The average molecular weight is 282 g/mol. The summed E-state index contributed by atoms with van der Waals surface area (Å²) in [5.74, 6) is 2.04. The normalized spacial score (nSPS) is 15.9. The molecule has 0 spiro atoms. The summed E-state index contributed by atoms with van der Waals surface area (Å²) in [4.78, 5) is 6.73. The molecule has 0 radical (unpaired) electrons. The number of benzene rings is 1. The first kappa shape index (κ1) is 13.6. The molecule has 3 rings (SSSR count). The first-order valence-electron chi connectivity index (χ1n) is 7.18.